The van der Waals surface area contributed by atoms with Crippen LogP contribution in [0.3, 0.4) is 0 Å². The largest absolute Gasteiger partial charge is 0.465 e. The van der Waals surface area contributed by atoms with Gasteiger partial charge in [0.15, 0.2) is 0 Å². The zero-order valence-electron chi connectivity index (χ0n) is 25.7. The molecule has 0 aliphatic carbocycles. The van der Waals surface area contributed by atoms with Crippen LogP contribution in [0.25, 0.3) is 11.0 Å². The molecule has 2 amide bonds. The van der Waals surface area contributed by atoms with Gasteiger partial charge in [-0.3, -0.25) is 14.7 Å². The van der Waals surface area contributed by atoms with Gasteiger partial charge in [0.25, 0.3) is 0 Å². The van der Waals surface area contributed by atoms with Gasteiger partial charge in [0.1, 0.15) is 35.1 Å². The maximum atomic E-state index is 15.1. The van der Waals surface area contributed by atoms with E-state index < -0.39 is 53.3 Å². The molecule has 3 unspecified atom stereocenters. The molecular formula is C35H31F4N5O4. The molecule has 0 saturated carbocycles. The van der Waals surface area contributed by atoms with Crippen molar-refractivity contribution < 1.29 is 37.0 Å². The summed E-state index contributed by atoms with van der Waals surface area (Å²) < 4.78 is 63.0. The third kappa shape index (κ3) is 7.31. The third-order valence-electron chi connectivity index (χ3n) is 8.43. The average Bonchev–Trinajstić information content (AvgIpc) is 3.46. The lowest BCUT2D eigenvalue weighted by molar-refractivity contribution is -0.116. The van der Waals surface area contributed by atoms with Gasteiger partial charge in [-0.25, -0.2) is 27.3 Å². The van der Waals surface area contributed by atoms with Gasteiger partial charge in [0, 0.05) is 24.0 Å². The molecule has 2 aromatic heterocycles. The van der Waals surface area contributed by atoms with Gasteiger partial charge in [-0.2, -0.15) is 0 Å². The second-order valence-corrected chi connectivity index (χ2v) is 11.8. The van der Waals surface area contributed by atoms with E-state index in [9.17, 15) is 27.9 Å². The van der Waals surface area contributed by atoms with Gasteiger partial charge < -0.3 is 20.1 Å². The number of carbonyl (C=O) groups excluding carboxylic acids is 1. The number of halogens is 4. The number of carbonyl (C=O) groups is 2. The SMILES string of the molecule is Cc1ccc2nc(C3COC(CCc4c(F)cncc4NC(=O)CC(c4ccc(F)cc4)c4cc(F)cc(F)c4)CN3C(=O)O)[nH]c2c1. The van der Waals surface area contributed by atoms with E-state index in [4.69, 9.17) is 4.74 Å². The second kappa shape index (κ2) is 13.8. The van der Waals surface area contributed by atoms with E-state index in [1.165, 1.54) is 35.4 Å². The average molecular weight is 662 g/mol. The lowest BCUT2D eigenvalue weighted by Gasteiger charge is -2.37. The molecule has 6 rings (SSSR count). The molecule has 1 aliphatic heterocycles. The lowest BCUT2D eigenvalue weighted by atomic mass is 9.88. The van der Waals surface area contributed by atoms with Crippen LogP contribution in [0, 0.1) is 30.2 Å². The molecule has 3 aromatic carbocycles. The van der Waals surface area contributed by atoms with Gasteiger partial charge in [-0.15, -0.1) is 0 Å². The number of aromatic amines is 1. The highest BCUT2D eigenvalue weighted by Gasteiger charge is 2.35. The number of ether oxygens (including phenoxy) is 1. The summed E-state index contributed by atoms with van der Waals surface area (Å²) in [7, 11) is 0. The van der Waals surface area contributed by atoms with E-state index in [0.29, 0.717) is 23.0 Å². The summed E-state index contributed by atoms with van der Waals surface area (Å²) in [6.07, 6.45) is 0.565. The Morgan fingerprint density at radius 3 is 2.48 bits per heavy atom. The molecule has 9 nitrogen and oxygen atoms in total. The smallest absolute Gasteiger partial charge is 0.408 e. The molecule has 0 radical (unpaired) electrons. The van der Waals surface area contributed by atoms with E-state index in [0.717, 1.165) is 29.4 Å². The highest BCUT2D eigenvalue weighted by molar-refractivity contribution is 5.92. The van der Waals surface area contributed by atoms with Crippen molar-refractivity contribution in [2.75, 3.05) is 18.5 Å². The molecule has 48 heavy (non-hydrogen) atoms. The molecule has 1 fully saturated rings. The molecule has 5 aromatic rings. The highest BCUT2D eigenvalue weighted by Crippen LogP contribution is 2.32. The number of imidazole rings is 1. The number of carboxylic acid groups (broad SMARTS) is 1. The summed E-state index contributed by atoms with van der Waals surface area (Å²) in [6.45, 7) is 1.98. The third-order valence-corrected chi connectivity index (χ3v) is 8.43. The van der Waals surface area contributed by atoms with E-state index in [1.807, 2.05) is 25.1 Å². The number of amides is 2. The first kappa shape index (κ1) is 32.6. The van der Waals surface area contributed by atoms with Crippen LogP contribution < -0.4 is 5.32 Å². The molecule has 3 atom stereocenters. The fourth-order valence-electron chi connectivity index (χ4n) is 6.05. The number of anilines is 1. The van der Waals surface area contributed by atoms with Crippen molar-refractivity contribution in [3.63, 3.8) is 0 Å². The molecule has 13 heteroatoms. The Hall–Kier alpha value is -5.30. The standard InChI is InChI=1S/C35H31F4N5O4/c1-19-2-9-29-30(10-19)43-34(42-29)32-18-48-25(17-44(32)35(46)47)7-8-26-28(39)15-40-16-31(26)41-33(45)14-27(20-3-5-22(36)6-4-20)21-11-23(37)13-24(38)12-21/h2-6,9-13,15-16,25,27,32H,7-8,14,17-18H2,1H3,(H,41,45)(H,42,43)(H,46,47). The molecule has 1 aliphatic rings. The topological polar surface area (TPSA) is 120 Å². The number of nitrogens with zero attached hydrogens (tertiary/aromatic N) is 3. The Morgan fingerprint density at radius 1 is 1.00 bits per heavy atom. The zero-order chi connectivity index (χ0) is 33.9. The van der Waals surface area contributed by atoms with Gasteiger partial charge in [0.2, 0.25) is 5.91 Å². The van der Waals surface area contributed by atoms with E-state index in [-0.39, 0.29) is 49.2 Å². The minimum atomic E-state index is -1.15. The minimum Gasteiger partial charge on any atom is -0.465 e. The number of hydrogen-bond acceptors (Lipinski definition) is 5. The molecule has 0 bridgehead atoms. The summed E-state index contributed by atoms with van der Waals surface area (Å²) in [4.78, 5) is 38.4. The Morgan fingerprint density at radius 2 is 1.75 bits per heavy atom. The molecular weight excluding hydrogens is 630 g/mol. The number of pyridine rings is 1. The maximum absolute atomic E-state index is 15.1. The first-order chi connectivity index (χ1) is 23.0. The Kier molecular flexibility index (Phi) is 9.40. The van der Waals surface area contributed by atoms with Gasteiger partial charge in [0.05, 0.1) is 48.4 Å². The van der Waals surface area contributed by atoms with Gasteiger partial charge in [-0.1, -0.05) is 18.2 Å². The monoisotopic (exact) mass is 661 g/mol. The lowest BCUT2D eigenvalue weighted by Crippen LogP contribution is -2.47. The molecule has 3 heterocycles. The first-order valence-electron chi connectivity index (χ1n) is 15.2. The van der Waals surface area contributed by atoms with Crippen molar-refractivity contribution in [1.29, 1.82) is 0 Å². The van der Waals surface area contributed by atoms with Crippen molar-refractivity contribution in [3.8, 4) is 0 Å². The fourth-order valence-corrected chi connectivity index (χ4v) is 6.05. The van der Waals surface area contributed by atoms with Crippen LogP contribution in [-0.4, -0.2) is 56.2 Å². The molecule has 248 valence electrons. The van der Waals surface area contributed by atoms with Crippen LogP contribution in [0.5, 0.6) is 0 Å². The number of H-pyrrole nitrogens is 1. The van der Waals surface area contributed by atoms with Crippen LogP contribution in [-0.2, 0) is 16.0 Å². The van der Waals surface area contributed by atoms with E-state index in [2.05, 4.69) is 20.3 Å². The molecule has 0 spiro atoms. The second-order valence-electron chi connectivity index (χ2n) is 11.8. The van der Waals surface area contributed by atoms with Gasteiger partial charge >= 0.3 is 6.09 Å². The van der Waals surface area contributed by atoms with Crippen LogP contribution >= 0.6 is 0 Å². The van der Waals surface area contributed by atoms with Crippen LogP contribution in [0.15, 0.2) is 73.1 Å². The number of aromatic nitrogens is 3. The maximum Gasteiger partial charge on any atom is 0.408 e. The fraction of sp³-hybridized carbons (Fsp3) is 0.257. The number of morpholine rings is 1. The number of nitrogens with one attached hydrogen (secondary N) is 2. The normalized spacial score (nSPS) is 17.0. The van der Waals surface area contributed by atoms with Crippen molar-refractivity contribution >= 4 is 28.7 Å². The number of rotatable bonds is 9. The zero-order valence-corrected chi connectivity index (χ0v) is 25.7. The quantitative estimate of drug-likeness (QED) is 0.146. The number of hydrogen-bond donors (Lipinski definition) is 3. The highest BCUT2D eigenvalue weighted by atomic mass is 19.1. The van der Waals surface area contributed by atoms with Crippen LogP contribution in [0.2, 0.25) is 0 Å². The van der Waals surface area contributed by atoms with Gasteiger partial charge in [-0.05, 0) is 72.9 Å². The first-order valence-corrected chi connectivity index (χ1v) is 15.2. The Balaban J connectivity index is 1.15. The molecule has 3 N–H and O–H groups in total. The number of aryl methyl sites for hydroxylation is 1. The van der Waals surface area contributed by atoms with E-state index in [1.54, 1.807) is 0 Å². The van der Waals surface area contributed by atoms with Crippen LogP contribution in [0.4, 0.5) is 28.0 Å². The van der Waals surface area contributed by atoms with Crippen molar-refractivity contribution in [1.82, 2.24) is 19.9 Å². The van der Waals surface area contributed by atoms with Crippen molar-refractivity contribution in [3.05, 3.63) is 124 Å². The summed E-state index contributed by atoms with van der Waals surface area (Å²) in [5.41, 5.74) is 3.35. The Labute approximate surface area is 272 Å². The number of benzene rings is 3. The predicted octanol–water partition coefficient (Wildman–Crippen LogP) is 7.04. The van der Waals surface area contributed by atoms with Crippen molar-refractivity contribution in [2.45, 2.75) is 44.2 Å². The summed E-state index contributed by atoms with van der Waals surface area (Å²) in [5, 5.41) is 12.7. The summed E-state index contributed by atoms with van der Waals surface area (Å²) in [6, 6.07) is 13.2. The van der Waals surface area contributed by atoms with E-state index >= 15 is 4.39 Å². The molecule has 1 saturated heterocycles. The number of fused-ring (bicyclic) bond motifs is 1. The summed E-state index contributed by atoms with van der Waals surface area (Å²) in [5.74, 6) is -3.85. The van der Waals surface area contributed by atoms with Crippen LogP contribution in [0.1, 0.15) is 52.9 Å². The minimum absolute atomic E-state index is 0.00795. The summed E-state index contributed by atoms with van der Waals surface area (Å²) >= 11 is 0. The predicted molar refractivity (Wildman–Crippen MR) is 168 cm³/mol. The van der Waals surface area contributed by atoms with Crippen molar-refractivity contribution in [2.24, 2.45) is 0 Å². The Bertz CT molecular complexity index is 1950.